The highest BCUT2D eigenvalue weighted by molar-refractivity contribution is 6.87. The molecule has 0 saturated heterocycles. The Bertz CT molecular complexity index is 408. The highest BCUT2D eigenvalue weighted by atomic mass is 28.4. The van der Waals surface area contributed by atoms with Gasteiger partial charge in [0.2, 0.25) is 0 Å². The molecule has 0 unspecified atom stereocenters. The van der Waals surface area contributed by atoms with Gasteiger partial charge >= 0.3 is 17.1 Å². The fourth-order valence-electron chi connectivity index (χ4n) is 2.14. The first-order valence-electron chi connectivity index (χ1n) is 6.16. The Morgan fingerprint density at radius 1 is 0.700 bits per heavy atom. The van der Waals surface area contributed by atoms with Crippen LogP contribution in [-0.4, -0.2) is 45.6 Å². The number of hydrogen-bond acceptors (Lipinski definition) is 4. The zero-order chi connectivity index (χ0) is 15.2. The fourth-order valence-corrected chi connectivity index (χ4v) is 5.82. The lowest BCUT2D eigenvalue weighted by molar-refractivity contribution is 0.270. The van der Waals surface area contributed by atoms with Gasteiger partial charge in [0, 0.05) is 28.4 Å². The third-order valence-corrected chi connectivity index (χ3v) is 9.22. The average molecular weight is 310 g/mol. The molecular weight excluding hydrogens is 288 g/mol. The molecule has 0 radical (unpaired) electrons. The molecule has 1 aromatic rings. The second kappa shape index (κ2) is 7.12. The van der Waals surface area contributed by atoms with Gasteiger partial charge in [-0.25, -0.2) is 0 Å². The van der Waals surface area contributed by atoms with Crippen molar-refractivity contribution in [2.45, 2.75) is 0 Å². The first-order valence-corrected chi connectivity index (χ1v) is 9.95. The molecule has 0 fully saturated rings. The summed E-state index contributed by atoms with van der Waals surface area (Å²) in [4.78, 5) is 0. The maximum Gasteiger partial charge on any atom is 0.398 e. The molecule has 0 aromatic heterocycles. The van der Waals surface area contributed by atoms with Gasteiger partial charge in [-0.15, -0.1) is 13.2 Å². The summed E-state index contributed by atoms with van der Waals surface area (Å²) in [6.45, 7) is 7.65. The van der Waals surface area contributed by atoms with Crippen LogP contribution in [0.25, 0.3) is 0 Å². The van der Waals surface area contributed by atoms with Gasteiger partial charge in [0.1, 0.15) is 0 Å². The van der Waals surface area contributed by atoms with E-state index < -0.39 is 17.1 Å². The first kappa shape index (κ1) is 17.0. The molecule has 0 spiro atoms. The van der Waals surface area contributed by atoms with E-state index in [4.69, 9.17) is 17.7 Å². The number of benzene rings is 1. The van der Waals surface area contributed by atoms with Gasteiger partial charge in [-0.05, 0) is 21.8 Å². The highest BCUT2D eigenvalue weighted by Crippen LogP contribution is 2.10. The van der Waals surface area contributed by atoms with Crippen LogP contribution in [0.15, 0.2) is 48.8 Å². The SMILES string of the molecule is C=C[Si](OC)(OC)c1ccc([Si](C=C)(OC)OC)cc1. The predicted molar refractivity (Wildman–Crippen MR) is 85.6 cm³/mol. The summed E-state index contributed by atoms with van der Waals surface area (Å²) in [5.41, 5.74) is 3.51. The lowest BCUT2D eigenvalue weighted by atomic mass is 10.4. The quantitative estimate of drug-likeness (QED) is 0.672. The third-order valence-electron chi connectivity index (χ3n) is 3.44. The minimum Gasteiger partial charge on any atom is -0.391 e. The Morgan fingerprint density at radius 2 is 0.950 bits per heavy atom. The Hall–Kier alpha value is -1.03. The molecular formula is C14H22O4Si2. The molecule has 1 aromatic carbocycles. The molecule has 0 aliphatic heterocycles. The van der Waals surface area contributed by atoms with Gasteiger partial charge < -0.3 is 17.7 Å². The monoisotopic (exact) mass is 310 g/mol. The van der Waals surface area contributed by atoms with Crippen molar-refractivity contribution < 1.29 is 17.7 Å². The molecule has 110 valence electrons. The van der Waals surface area contributed by atoms with Crippen LogP contribution in [0, 0.1) is 0 Å². The normalized spacial score (nSPS) is 12.2. The van der Waals surface area contributed by atoms with E-state index in [1.54, 1.807) is 39.8 Å². The molecule has 0 amide bonds. The van der Waals surface area contributed by atoms with E-state index >= 15 is 0 Å². The van der Waals surface area contributed by atoms with Crippen molar-refractivity contribution in [3.8, 4) is 0 Å². The summed E-state index contributed by atoms with van der Waals surface area (Å²) in [5, 5.41) is 1.97. The zero-order valence-corrected chi connectivity index (χ0v) is 14.5. The summed E-state index contributed by atoms with van der Waals surface area (Å²) in [6.07, 6.45) is 0. The zero-order valence-electron chi connectivity index (χ0n) is 12.5. The van der Waals surface area contributed by atoms with Crippen molar-refractivity contribution >= 4 is 27.5 Å². The summed E-state index contributed by atoms with van der Waals surface area (Å²) in [7, 11) is 1.48. The van der Waals surface area contributed by atoms with Crippen LogP contribution < -0.4 is 10.4 Å². The second-order valence-electron chi connectivity index (χ2n) is 4.14. The Kier molecular flexibility index (Phi) is 6.06. The first-order chi connectivity index (χ1) is 9.57. The largest absolute Gasteiger partial charge is 0.398 e. The molecule has 1 rings (SSSR count). The topological polar surface area (TPSA) is 36.9 Å². The molecule has 0 saturated carbocycles. The van der Waals surface area contributed by atoms with Crippen molar-refractivity contribution in [3.05, 3.63) is 48.8 Å². The van der Waals surface area contributed by atoms with Crippen molar-refractivity contribution in [1.29, 1.82) is 0 Å². The fraction of sp³-hybridized carbons (Fsp3) is 0.286. The van der Waals surface area contributed by atoms with E-state index in [1.807, 2.05) is 24.3 Å². The predicted octanol–water partition coefficient (Wildman–Crippen LogP) is 1.02. The molecule has 0 N–H and O–H groups in total. The van der Waals surface area contributed by atoms with Crippen LogP contribution in [0.3, 0.4) is 0 Å². The van der Waals surface area contributed by atoms with Gasteiger partial charge in [0.05, 0.1) is 0 Å². The molecule has 0 atom stereocenters. The minimum atomic E-state index is -2.53. The lowest BCUT2D eigenvalue weighted by Crippen LogP contribution is -2.54. The van der Waals surface area contributed by atoms with Crippen molar-refractivity contribution in [1.82, 2.24) is 0 Å². The molecule has 6 heteroatoms. The third kappa shape index (κ3) is 2.85. The Balaban J connectivity index is 3.23. The maximum atomic E-state index is 5.55. The minimum absolute atomic E-state index is 0.986. The molecule has 0 aliphatic rings. The van der Waals surface area contributed by atoms with E-state index in [2.05, 4.69) is 13.2 Å². The van der Waals surface area contributed by atoms with E-state index in [1.165, 1.54) is 0 Å². The molecule has 0 aliphatic carbocycles. The molecule has 20 heavy (non-hydrogen) atoms. The highest BCUT2D eigenvalue weighted by Gasteiger charge is 2.37. The average Bonchev–Trinajstić information content (AvgIpc) is 2.53. The van der Waals surface area contributed by atoms with E-state index in [-0.39, 0.29) is 0 Å². The second-order valence-corrected chi connectivity index (χ2v) is 10.4. The molecule has 4 nitrogen and oxygen atoms in total. The molecule has 0 bridgehead atoms. The summed E-state index contributed by atoms with van der Waals surface area (Å²) < 4.78 is 22.2. The van der Waals surface area contributed by atoms with Crippen molar-refractivity contribution in [2.24, 2.45) is 0 Å². The van der Waals surface area contributed by atoms with Crippen LogP contribution in [0.1, 0.15) is 0 Å². The molecule has 0 heterocycles. The van der Waals surface area contributed by atoms with Crippen LogP contribution in [-0.2, 0) is 17.7 Å². The summed E-state index contributed by atoms with van der Waals surface area (Å²) in [6, 6.07) is 7.89. The van der Waals surface area contributed by atoms with Crippen molar-refractivity contribution in [3.63, 3.8) is 0 Å². The van der Waals surface area contributed by atoms with Crippen molar-refractivity contribution in [2.75, 3.05) is 28.4 Å². The Morgan fingerprint density at radius 3 is 1.10 bits per heavy atom. The number of hydrogen-bond donors (Lipinski definition) is 0. The summed E-state index contributed by atoms with van der Waals surface area (Å²) in [5.74, 6) is 0. The van der Waals surface area contributed by atoms with E-state index in [0.717, 1.165) is 10.4 Å². The van der Waals surface area contributed by atoms with Crippen LogP contribution in [0.5, 0.6) is 0 Å². The van der Waals surface area contributed by atoms with Crippen LogP contribution >= 0.6 is 0 Å². The standard InChI is InChI=1S/C14H22O4Si2/c1-7-19(15-3,16-4)13-9-11-14(12-10-13)20(8-2,17-5)18-6/h7-12H,1-2H2,3-6H3. The number of rotatable bonds is 8. The van der Waals surface area contributed by atoms with Gasteiger partial charge in [-0.1, -0.05) is 24.3 Å². The smallest absolute Gasteiger partial charge is 0.391 e. The van der Waals surface area contributed by atoms with Crippen LogP contribution in [0.2, 0.25) is 0 Å². The van der Waals surface area contributed by atoms with Gasteiger partial charge in [0.15, 0.2) is 0 Å². The van der Waals surface area contributed by atoms with Crippen LogP contribution in [0.4, 0.5) is 0 Å². The van der Waals surface area contributed by atoms with E-state index in [0.29, 0.717) is 0 Å². The van der Waals surface area contributed by atoms with Gasteiger partial charge in [0.25, 0.3) is 0 Å². The Labute approximate surface area is 123 Å². The van der Waals surface area contributed by atoms with Gasteiger partial charge in [-0.3, -0.25) is 0 Å². The summed E-state index contributed by atoms with van der Waals surface area (Å²) >= 11 is 0. The lowest BCUT2D eigenvalue weighted by Gasteiger charge is -2.26. The van der Waals surface area contributed by atoms with Gasteiger partial charge in [-0.2, -0.15) is 0 Å². The maximum absolute atomic E-state index is 5.55. The van der Waals surface area contributed by atoms with E-state index in [9.17, 15) is 0 Å².